The lowest BCUT2D eigenvalue weighted by Gasteiger charge is -2.23. The van der Waals surface area contributed by atoms with Gasteiger partial charge in [0.25, 0.3) is 5.91 Å². The van der Waals surface area contributed by atoms with Crippen LogP contribution in [0.5, 0.6) is 0 Å². The van der Waals surface area contributed by atoms with E-state index in [-0.39, 0.29) is 25.3 Å². The minimum absolute atomic E-state index is 0.0292. The van der Waals surface area contributed by atoms with Crippen LogP contribution >= 0.6 is 0 Å². The van der Waals surface area contributed by atoms with Gasteiger partial charge in [-0.2, -0.15) is 5.26 Å². The van der Waals surface area contributed by atoms with Crippen LogP contribution in [0, 0.1) is 17.1 Å². The third-order valence-corrected chi connectivity index (χ3v) is 5.92. The van der Waals surface area contributed by atoms with Gasteiger partial charge in [-0.25, -0.2) is 9.37 Å². The van der Waals surface area contributed by atoms with Gasteiger partial charge in [0, 0.05) is 24.8 Å². The van der Waals surface area contributed by atoms with Crippen molar-refractivity contribution in [3.8, 4) is 6.07 Å². The van der Waals surface area contributed by atoms with Gasteiger partial charge in [0.15, 0.2) is 0 Å². The van der Waals surface area contributed by atoms with E-state index in [0.717, 1.165) is 17.0 Å². The third kappa shape index (κ3) is 5.76. The predicted molar refractivity (Wildman–Crippen MR) is 139 cm³/mol. The molecule has 0 spiro atoms. The summed E-state index contributed by atoms with van der Waals surface area (Å²) in [4.78, 5) is 31.4. The summed E-state index contributed by atoms with van der Waals surface area (Å²) in [7, 11) is 1.89. The van der Waals surface area contributed by atoms with Crippen LogP contribution in [0.4, 0.5) is 15.8 Å². The first kappa shape index (κ1) is 25.4. The molecule has 0 saturated carbocycles. The molecule has 0 unspecified atom stereocenters. The predicted octanol–water partition coefficient (Wildman–Crippen LogP) is 4.80. The zero-order valence-electron chi connectivity index (χ0n) is 20.6. The molecule has 1 aromatic heterocycles. The van der Waals surface area contributed by atoms with Crippen molar-refractivity contribution < 1.29 is 18.7 Å². The Labute approximate surface area is 213 Å². The van der Waals surface area contributed by atoms with E-state index in [2.05, 4.69) is 16.4 Å². The number of hydrogen-bond donors (Lipinski definition) is 1. The van der Waals surface area contributed by atoms with Crippen LogP contribution in [0.15, 0.2) is 66.7 Å². The molecule has 0 bridgehead atoms. The number of rotatable bonds is 9. The molecule has 1 heterocycles. The van der Waals surface area contributed by atoms with Gasteiger partial charge in [0.05, 0.1) is 47.9 Å². The number of nitrogens with zero attached hydrogens (tertiary/aromatic N) is 4. The van der Waals surface area contributed by atoms with Crippen LogP contribution in [0.1, 0.15) is 35.1 Å². The Morgan fingerprint density at radius 2 is 1.89 bits per heavy atom. The summed E-state index contributed by atoms with van der Waals surface area (Å²) >= 11 is 0. The van der Waals surface area contributed by atoms with E-state index >= 15 is 0 Å². The lowest BCUT2D eigenvalue weighted by Crippen LogP contribution is -2.34. The number of nitriles is 1. The van der Waals surface area contributed by atoms with Crippen LogP contribution in [0.3, 0.4) is 0 Å². The zero-order valence-corrected chi connectivity index (χ0v) is 20.6. The molecule has 1 amide bonds. The maximum Gasteiger partial charge on any atom is 0.307 e. The zero-order chi connectivity index (χ0) is 26.4. The van der Waals surface area contributed by atoms with E-state index in [1.807, 2.05) is 23.7 Å². The maximum atomic E-state index is 14.6. The number of fused-ring (bicyclic) bond motifs is 1. The Balaban J connectivity index is 1.58. The summed E-state index contributed by atoms with van der Waals surface area (Å²) in [6.07, 6.45) is -0.0646. The second-order valence-electron chi connectivity index (χ2n) is 8.30. The van der Waals surface area contributed by atoms with Gasteiger partial charge < -0.3 is 19.5 Å². The average Bonchev–Trinajstić information content (AvgIpc) is 3.23. The Morgan fingerprint density at radius 3 is 2.59 bits per heavy atom. The average molecular weight is 500 g/mol. The van der Waals surface area contributed by atoms with Gasteiger partial charge in [-0.1, -0.05) is 12.1 Å². The van der Waals surface area contributed by atoms with E-state index < -0.39 is 17.7 Å². The molecule has 0 fully saturated rings. The number of amides is 1. The van der Waals surface area contributed by atoms with Gasteiger partial charge in [-0.05, 0) is 61.5 Å². The van der Waals surface area contributed by atoms with E-state index in [1.165, 1.54) is 17.0 Å². The minimum Gasteiger partial charge on any atom is -0.466 e. The fraction of sp³-hybridized carbons (Fsp3) is 0.214. The maximum absolute atomic E-state index is 14.6. The van der Waals surface area contributed by atoms with Crippen LogP contribution in [-0.2, 0) is 23.1 Å². The molecule has 1 N–H and O–H groups in total. The number of para-hydroxylation sites is 1. The fourth-order valence-corrected chi connectivity index (χ4v) is 3.98. The number of anilines is 2. The smallest absolute Gasteiger partial charge is 0.307 e. The number of ether oxygens (including phenoxy) is 1. The lowest BCUT2D eigenvalue weighted by molar-refractivity contribution is -0.142. The van der Waals surface area contributed by atoms with Crippen LogP contribution in [-0.4, -0.2) is 34.6 Å². The molecule has 188 valence electrons. The van der Waals surface area contributed by atoms with Crippen molar-refractivity contribution in [2.45, 2.75) is 19.9 Å². The summed E-state index contributed by atoms with van der Waals surface area (Å²) in [5.41, 5.74) is 3.29. The first-order chi connectivity index (χ1) is 17.9. The number of esters is 1. The van der Waals surface area contributed by atoms with Crippen molar-refractivity contribution in [1.82, 2.24) is 9.55 Å². The van der Waals surface area contributed by atoms with Gasteiger partial charge in [0.1, 0.15) is 11.6 Å². The van der Waals surface area contributed by atoms with Gasteiger partial charge >= 0.3 is 5.97 Å². The van der Waals surface area contributed by atoms with Gasteiger partial charge in [-0.15, -0.1) is 0 Å². The Morgan fingerprint density at radius 1 is 1.14 bits per heavy atom. The topological polar surface area (TPSA) is 100 Å². The molecule has 0 atom stereocenters. The molecule has 4 aromatic rings. The van der Waals surface area contributed by atoms with Crippen LogP contribution in [0.25, 0.3) is 11.0 Å². The van der Waals surface area contributed by atoms with Gasteiger partial charge in [0.2, 0.25) is 0 Å². The van der Waals surface area contributed by atoms with E-state index in [4.69, 9.17) is 10.00 Å². The molecule has 37 heavy (non-hydrogen) atoms. The van der Waals surface area contributed by atoms with E-state index in [0.29, 0.717) is 23.2 Å². The summed E-state index contributed by atoms with van der Waals surface area (Å²) in [6, 6.07) is 20.3. The number of carbonyl (C=O) groups is 2. The number of carbonyl (C=O) groups excluding carboxylic acids is 2. The van der Waals surface area contributed by atoms with Crippen molar-refractivity contribution in [2.24, 2.45) is 7.05 Å². The molecule has 3 aromatic carbocycles. The SMILES string of the molecule is CCOC(=O)CCN(C(=O)c1ccc2c(c1)nc(CNc1ccc(C#N)cc1)n2C)c1ccccc1F. The van der Waals surface area contributed by atoms with E-state index in [1.54, 1.807) is 49.4 Å². The molecule has 0 aliphatic heterocycles. The normalized spacial score (nSPS) is 10.6. The van der Waals surface area contributed by atoms with Gasteiger partial charge in [-0.3, -0.25) is 9.59 Å². The number of aryl methyl sites for hydroxylation is 1. The highest BCUT2D eigenvalue weighted by Crippen LogP contribution is 2.24. The van der Waals surface area contributed by atoms with Crippen LogP contribution in [0.2, 0.25) is 0 Å². The highest BCUT2D eigenvalue weighted by Gasteiger charge is 2.23. The van der Waals surface area contributed by atoms with Crippen molar-refractivity contribution in [3.63, 3.8) is 0 Å². The second kappa shape index (κ2) is 11.4. The number of aromatic nitrogens is 2. The largest absolute Gasteiger partial charge is 0.466 e. The summed E-state index contributed by atoms with van der Waals surface area (Å²) in [5, 5.41) is 12.2. The van der Waals surface area contributed by atoms with E-state index in [9.17, 15) is 14.0 Å². The summed E-state index contributed by atoms with van der Waals surface area (Å²) in [6.45, 7) is 2.33. The molecule has 0 aliphatic carbocycles. The quantitative estimate of drug-likeness (QED) is 0.332. The molecule has 9 heteroatoms. The molecule has 0 saturated heterocycles. The highest BCUT2D eigenvalue weighted by molar-refractivity contribution is 6.07. The van der Waals surface area contributed by atoms with Crippen molar-refractivity contribution in [2.75, 3.05) is 23.4 Å². The Bertz CT molecular complexity index is 1470. The van der Waals surface area contributed by atoms with Crippen molar-refractivity contribution in [3.05, 3.63) is 89.5 Å². The monoisotopic (exact) mass is 499 g/mol. The summed E-state index contributed by atoms with van der Waals surface area (Å²) in [5.74, 6) is -0.720. The minimum atomic E-state index is -0.560. The first-order valence-electron chi connectivity index (χ1n) is 11.8. The highest BCUT2D eigenvalue weighted by atomic mass is 19.1. The number of hydrogen-bond acceptors (Lipinski definition) is 6. The molecular formula is C28H26FN5O3. The fourth-order valence-electron chi connectivity index (χ4n) is 3.98. The number of halogens is 1. The third-order valence-electron chi connectivity index (χ3n) is 5.92. The molecule has 4 rings (SSSR count). The van der Waals surface area contributed by atoms with Crippen molar-refractivity contribution >= 4 is 34.3 Å². The Hall–Kier alpha value is -4.71. The molecule has 0 aliphatic rings. The molecule has 0 radical (unpaired) electrons. The first-order valence-corrected chi connectivity index (χ1v) is 11.8. The number of benzene rings is 3. The number of imidazole rings is 1. The molecular weight excluding hydrogens is 473 g/mol. The summed E-state index contributed by atoms with van der Waals surface area (Å²) < 4.78 is 21.5. The van der Waals surface area contributed by atoms with Crippen molar-refractivity contribution in [1.29, 1.82) is 5.26 Å². The molecule has 8 nitrogen and oxygen atoms in total. The number of nitrogens with one attached hydrogen (secondary N) is 1. The lowest BCUT2D eigenvalue weighted by atomic mass is 10.1. The van der Waals surface area contributed by atoms with Crippen LogP contribution < -0.4 is 10.2 Å². The Kier molecular flexibility index (Phi) is 7.79. The second-order valence-corrected chi connectivity index (χ2v) is 8.30. The standard InChI is InChI=1S/C28H26FN5O3/c1-3-37-27(35)14-15-34(24-7-5-4-6-22(24)29)28(36)20-10-13-25-23(16-20)32-26(33(25)2)18-31-21-11-8-19(17-30)9-12-21/h4-13,16,31H,3,14-15,18H2,1-2H3.